The normalized spacial score (nSPS) is 12.3. The highest BCUT2D eigenvalue weighted by Gasteiger charge is 2.32. The predicted molar refractivity (Wildman–Crippen MR) is 330 cm³/mol. The molecule has 0 aliphatic carbocycles. The summed E-state index contributed by atoms with van der Waals surface area (Å²) in [5.41, 5.74) is 19.3. The number of aryl methyl sites for hydroxylation is 3. The zero-order valence-corrected chi connectivity index (χ0v) is 48.4. The summed E-state index contributed by atoms with van der Waals surface area (Å²) in [6, 6.07) is 49.8. The van der Waals surface area contributed by atoms with E-state index in [9.17, 15) is 24.6 Å². The molecule has 0 spiro atoms. The summed E-state index contributed by atoms with van der Waals surface area (Å²) in [6.45, 7) is 10.4. The number of aldehydes is 1. The first-order valence-corrected chi connectivity index (χ1v) is 28.5. The van der Waals surface area contributed by atoms with Crippen LogP contribution in [-0.4, -0.2) is 94.2 Å². The van der Waals surface area contributed by atoms with E-state index in [-0.39, 0.29) is 12.1 Å². The summed E-state index contributed by atoms with van der Waals surface area (Å²) < 4.78 is 0. The van der Waals surface area contributed by atoms with Crippen molar-refractivity contribution in [1.82, 2.24) is 0 Å². The number of carboxylic acids is 2. The number of carbonyl (C=O) groups is 3. The lowest BCUT2D eigenvalue weighted by Gasteiger charge is -2.21. The molecule has 0 heterocycles. The summed E-state index contributed by atoms with van der Waals surface area (Å²) in [6.07, 6.45) is 16.6. The van der Waals surface area contributed by atoms with E-state index in [1.165, 1.54) is 71.7 Å². The summed E-state index contributed by atoms with van der Waals surface area (Å²) in [5, 5.41) is 43.9. The second-order valence-electron chi connectivity index (χ2n) is 18.9. The standard InChI is InChI=1S/C29H32O3S.C24H22OS.C7H8BOS.C4H9NO3.H2O/c1-20-8-9-22(16-17-29(3,19-30)28(31)32)18-25(20)11-10-23-6-5-7-27(21(23)2)24-12-14-26(33-4)15-13-24;1-17-7-8-19(16-25)15-22(17)10-9-20-5-4-6-24(18(20)2)21-11-13-23(26-3)14-12-21;1-10-7-4-2-6(8-9)3-5-7;1-4(5,2-6)3(7)8;/h5-15,18,30H,16-17,19H2,1-4H3,(H,31,32);4-16H,1-3H3;2-5,9H,1H3;6H,2,5H2,1H3,(H,7,8);1H2/b11-10+;10-9+;;;. The lowest BCUT2D eigenvalue weighted by atomic mass is 9.84. The molecule has 1 radical (unpaired) electrons. The van der Waals surface area contributed by atoms with Gasteiger partial charge in [-0.05, 0) is 188 Å². The van der Waals surface area contributed by atoms with Crippen molar-refractivity contribution >= 4 is 90.8 Å². The molecule has 0 aliphatic rings. The molecular weight excluding hydrogens is 1030 g/mol. The Kier molecular flexibility index (Phi) is 27.4. The largest absolute Gasteiger partial charge is 0.481 e. The summed E-state index contributed by atoms with van der Waals surface area (Å²) in [7, 11) is 1.10. The molecule has 0 aliphatic heterocycles. The quantitative estimate of drug-likeness (QED) is 0.0205. The molecule has 7 aromatic carbocycles. The number of aliphatic carboxylic acids is 2. The fraction of sp³-hybridized carbons (Fsp3) is 0.234. The van der Waals surface area contributed by atoms with Gasteiger partial charge in [0.1, 0.15) is 11.8 Å². The van der Waals surface area contributed by atoms with Crippen LogP contribution in [0.25, 0.3) is 46.6 Å². The fourth-order valence-electron chi connectivity index (χ4n) is 7.56. The van der Waals surface area contributed by atoms with Gasteiger partial charge in [0, 0.05) is 20.2 Å². The Morgan fingerprint density at radius 1 is 0.564 bits per heavy atom. The van der Waals surface area contributed by atoms with Crippen LogP contribution in [-0.2, 0) is 16.0 Å². The van der Waals surface area contributed by atoms with E-state index in [1.54, 1.807) is 42.2 Å². The zero-order chi connectivity index (χ0) is 56.7. The third-order valence-electron chi connectivity index (χ3n) is 13.1. The number of rotatable bonds is 18. The maximum absolute atomic E-state index is 11.5. The van der Waals surface area contributed by atoms with Crippen LogP contribution >= 0.6 is 35.3 Å². The Balaban J connectivity index is 0.000000313. The van der Waals surface area contributed by atoms with Gasteiger partial charge in [0.25, 0.3) is 0 Å². The molecule has 0 amide bonds. The molecule has 0 saturated carbocycles. The summed E-state index contributed by atoms with van der Waals surface area (Å²) in [4.78, 5) is 36.2. The molecule has 10 nitrogen and oxygen atoms in total. The number of carbonyl (C=O) groups excluding carboxylic acids is 1. The number of benzene rings is 7. The topological polar surface area (TPSA) is 210 Å². The fourth-order valence-corrected chi connectivity index (χ4v) is 8.79. The molecule has 2 unspecified atom stereocenters. The van der Waals surface area contributed by atoms with Crippen LogP contribution in [0.5, 0.6) is 0 Å². The average Bonchev–Trinajstić information content (AvgIpc) is 3.46. The van der Waals surface area contributed by atoms with Crippen molar-refractivity contribution in [3.05, 3.63) is 201 Å². The second-order valence-corrected chi connectivity index (χ2v) is 21.5. The summed E-state index contributed by atoms with van der Waals surface area (Å²) >= 11 is 5.19. The van der Waals surface area contributed by atoms with Crippen molar-refractivity contribution in [3.8, 4) is 22.3 Å². The lowest BCUT2D eigenvalue weighted by molar-refractivity contribution is -0.150. The minimum absolute atomic E-state index is 0. The Morgan fingerprint density at radius 3 is 1.36 bits per heavy atom. The molecule has 7 aromatic rings. The van der Waals surface area contributed by atoms with Gasteiger partial charge in [-0.3, -0.25) is 14.4 Å². The number of thioether (sulfide) groups is 3. The van der Waals surface area contributed by atoms with Crippen molar-refractivity contribution in [2.75, 3.05) is 32.0 Å². The SMILES string of the molecule is CC(N)(CO)C(=O)O.CSc1ccc(-c2cccc(/C=C/c3cc(C=O)ccc3C)c2C)cc1.CSc1ccc(-c2cccc(/C=C/c3cc(CCC(C)(CO)C(=O)O)ccc3C)c2C)cc1.CSc1ccc([B]O)cc1.O. The molecule has 78 heavy (non-hydrogen) atoms. The van der Waals surface area contributed by atoms with Crippen LogP contribution < -0.4 is 11.2 Å². The molecule has 14 heteroatoms. The monoisotopic (exact) mass is 1110 g/mol. The van der Waals surface area contributed by atoms with Gasteiger partial charge in [-0.15, -0.1) is 35.3 Å². The minimum Gasteiger partial charge on any atom is -0.481 e. The molecule has 9 N–H and O–H groups in total. The Morgan fingerprint density at radius 2 is 0.987 bits per heavy atom. The number of hydrogen-bond acceptors (Lipinski definition) is 10. The molecule has 0 fully saturated rings. The Hall–Kier alpha value is -6.46. The number of hydrogen-bond donors (Lipinski definition) is 6. The first-order chi connectivity index (χ1) is 36.8. The van der Waals surface area contributed by atoms with Crippen molar-refractivity contribution in [1.29, 1.82) is 0 Å². The molecule has 7 rings (SSSR count). The first-order valence-electron chi connectivity index (χ1n) is 24.8. The highest BCUT2D eigenvalue weighted by atomic mass is 32.2. The van der Waals surface area contributed by atoms with Gasteiger partial charge in [-0.25, -0.2) is 0 Å². The smallest absolute Gasteiger partial charge is 0.326 e. The third-order valence-corrected chi connectivity index (χ3v) is 15.4. The van der Waals surface area contributed by atoms with Crippen molar-refractivity contribution < 1.29 is 45.3 Å². The maximum Gasteiger partial charge on any atom is 0.326 e. The van der Waals surface area contributed by atoms with E-state index in [0.717, 1.165) is 41.5 Å². The predicted octanol–water partition coefficient (Wildman–Crippen LogP) is 12.2. The minimum atomic E-state index is -1.49. The van der Waals surface area contributed by atoms with Crippen molar-refractivity contribution in [2.24, 2.45) is 11.1 Å². The summed E-state index contributed by atoms with van der Waals surface area (Å²) in [5.74, 6) is -2.16. The highest BCUT2D eigenvalue weighted by molar-refractivity contribution is 7.99. The van der Waals surface area contributed by atoms with Gasteiger partial charge in [0.2, 0.25) is 0 Å². The van der Waals surface area contributed by atoms with Crippen LogP contribution in [0.1, 0.15) is 80.7 Å². The van der Waals surface area contributed by atoms with Gasteiger partial charge >= 0.3 is 19.4 Å². The van der Waals surface area contributed by atoms with Crippen molar-refractivity contribution in [2.45, 2.75) is 74.6 Å². The number of nitrogens with two attached hydrogens (primary N) is 1. The van der Waals surface area contributed by atoms with Gasteiger partial charge in [0.05, 0.1) is 18.6 Å². The highest BCUT2D eigenvalue weighted by Crippen LogP contribution is 2.31. The lowest BCUT2D eigenvalue weighted by Crippen LogP contribution is -2.48. The average molecular weight is 1110 g/mol. The van der Waals surface area contributed by atoms with Gasteiger partial charge in [0.15, 0.2) is 0 Å². The molecule has 409 valence electrons. The number of aliphatic hydroxyl groups is 2. The van der Waals surface area contributed by atoms with E-state index in [2.05, 4.69) is 162 Å². The van der Waals surface area contributed by atoms with Gasteiger partial charge in [-0.1, -0.05) is 133 Å². The van der Waals surface area contributed by atoms with Crippen LogP contribution in [0, 0.1) is 33.1 Å². The third kappa shape index (κ3) is 19.5. The van der Waals surface area contributed by atoms with Crippen molar-refractivity contribution in [3.63, 3.8) is 0 Å². The molecule has 0 saturated heterocycles. The van der Waals surface area contributed by atoms with E-state index in [0.29, 0.717) is 18.4 Å². The molecule has 0 aromatic heterocycles. The molecular formula is C64H73BNO9S3. The van der Waals surface area contributed by atoms with Crippen LogP contribution in [0.15, 0.2) is 160 Å². The van der Waals surface area contributed by atoms with Crippen LogP contribution in [0.4, 0.5) is 0 Å². The van der Waals surface area contributed by atoms with E-state index < -0.39 is 29.5 Å². The van der Waals surface area contributed by atoms with Crippen LogP contribution in [0.3, 0.4) is 0 Å². The number of carboxylic acid groups (broad SMARTS) is 2. The van der Waals surface area contributed by atoms with Crippen LogP contribution in [0.2, 0.25) is 0 Å². The van der Waals surface area contributed by atoms with E-state index in [4.69, 9.17) is 21.0 Å². The van der Waals surface area contributed by atoms with Gasteiger partial charge < -0.3 is 36.7 Å². The Labute approximate surface area is 474 Å². The first kappa shape index (κ1) is 65.8. The zero-order valence-electron chi connectivity index (χ0n) is 45.9. The second kappa shape index (κ2) is 32.4. The molecule has 0 bridgehead atoms. The van der Waals surface area contributed by atoms with Gasteiger partial charge in [-0.2, -0.15) is 0 Å². The number of aliphatic hydroxyl groups excluding tert-OH is 2. The van der Waals surface area contributed by atoms with E-state index >= 15 is 0 Å². The van der Waals surface area contributed by atoms with E-state index in [1.807, 2.05) is 54.8 Å². The maximum atomic E-state index is 11.5. The molecule has 2 atom stereocenters. The Bertz CT molecular complexity index is 3080.